The van der Waals surface area contributed by atoms with E-state index in [2.05, 4.69) is 20.1 Å². The molecular formula is C14H18FN5. The Kier molecular flexibility index (Phi) is 3.64. The highest BCUT2D eigenvalue weighted by Gasteiger charge is 2.19. The Balaban J connectivity index is 1.69. The first-order chi connectivity index (χ1) is 9.72. The van der Waals surface area contributed by atoms with Gasteiger partial charge in [-0.3, -0.25) is 5.10 Å². The Bertz CT molecular complexity index is 574. The second-order valence-electron chi connectivity index (χ2n) is 5.17. The van der Waals surface area contributed by atoms with E-state index >= 15 is 0 Å². The Labute approximate surface area is 117 Å². The fourth-order valence-corrected chi connectivity index (χ4v) is 2.43. The van der Waals surface area contributed by atoms with Gasteiger partial charge in [0, 0.05) is 25.6 Å². The van der Waals surface area contributed by atoms with Gasteiger partial charge in [-0.05, 0) is 24.5 Å². The van der Waals surface area contributed by atoms with Crippen molar-refractivity contribution in [1.29, 1.82) is 0 Å². The molecule has 1 aromatic carbocycles. The van der Waals surface area contributed by atoms with Crippen molar-refractivity contribution in [1.82, 2.24) is 15.2 Å². The number of halogens is 1. The van der Waals surface area contributed by atoms with Crippen molar-refractivity contribution < 1.29 is 4.39 Å². The van der Waals surface area contributed by atoms with Gasteiger partial charge in [0.15, 0.2) is 0 Å². The molecule has 0 bridgehead atoms. The predicted molar refractivity (Wildman–Crippen MR) is 75.0 cm³/mol. The quantitative estimate of drug-likeness (QED) is 0.889. The van der Waals surface area contributed by atoms with Crippen LogP contribution in [0.4, 0.5) is 10.3 Å². The molecule has 1 aromatic heterocycles. The summed E-state index contributed by atoms with van der Waals surface area (Å²) in [6, 6.07) is 7.00. The summed E-state index contributed by atoms with van der Waals surface area (Å²) >= 11 is 0. The SMILES string of the molecule is NC1CCN(c2n[nH]c(Cc3ccccc3F)n2)CC1. The molecule has 6 heteroatoms. The molecular weight excluding hydrogens is 257 g/mol. The summed E-state index contributed by atoms with van der Waals surface area (Å²) in [7, 11) is 0. The molecule has 1 aliphatic heterocycles. The van der Waals surface area contributed by atoms with Crippen LogP contribution in [0, 0.1) is 5.82 Å². The molecule has 0 atom stereocenters. The number of benzene rings is 1. The minimum atomic E-state index is -0.214. The van der Waals surface area contributed by atoms with E-state index in [4.69, 9.17) is 5.73 Å². The first-order valence-corrected chi connectivity index (χ1v) is 6.87. The summed E-state index contributed by atoms with van der Waals surface area (Å²) in [6.07, 6.45) is 2.33. The summed E-state index contributed by atoms with van der Waals surface area (Å²) in [5.74, 6) is 1.15. The second kappa shape index (κ2) is 5.58. The first kappa shape index (κ1) is 13.1. The number of anilines is 1. The largest absolute Gasteiger partial charge is 0.339 e. The molecule has 1 fully saturated rings. The molecule has 1 saturated heterocycles. The highest BCUT2D eigenvalue weighted by Crippen LogP contribution is 2.16. The van der Waals surface area contributed by atoms with Crippen molar-refractivity contribution in [3.8, 4) is 0 Å². The van der Waals surface area contributed by atoms with Gasteiger partial charge in [-0.1, -0.05) is 18.2 Å². The number of nitrogens with one attached hydrogen (secondary N) is 1. The van der Waals surface area contributed by atoms with E-state index in [-0.39, 0.29) is 11.9 Å². The molecule has 3 rings (SSSR count). The highest BCUT2D eigenvalue weighted by molar-refractivity contribution is 5.31. The number of aromatic amines is 1. The Morgan fingerprint density at radius 2 is 2.05 bits per heavy atom. The lowest BCUT2D eigenvalue weighted by Crippen LogP contribution is -2.40. The lowest BCUT2D eigenvalue weighted by Gasteiger charge is -2.28. The molecule has 2 aromatic rings. The Hall–Kier alpha value is -1.95. The average molecular weight is 275 g/mol. The third-order valence-electron chi connectivity index (χ3n) is 3.66. The fraction of sp³-hybridized carbons (Fsp3) is 0.429. The van der Waals surface area contributed by atoms with E-state index in [1.165, 1.54) is 6.07 Å². The van der Waals surface area contributed by atoms with E-state index in [1.54, 1.807) is 12.1 Å². The van der Waals surface area contributed by atoms with Gasteiger partial charge in [-0.25, -0.2) is 4.39 Å². The number of piperidine rings is 1. The number of rotatable bonds is 3. The van der Waals surface area contributed by atoms with Crippen LogP contribution in [-0.2, 0) is 6.42 Å². The van der Waals surface area contributed by atoms with Crippen molar-refractivity contribution in [2.45, 2.75) is 25.3 Å². The lowest BCUT2D eigenvalue weighted by molar-refractivity contribution is 0.496. The number of aromatic nitrogens is 3. The third-order valence-corrected chi connectivity index (χ3v) is 3.66. The van der Waals surface area contributed by atoms with Crippen LogP contribution in [0.5, 0.6) is 0 Å². The second-order valence-corrected chi connectivity index (χ2v) is 5.17. The van der Waals surface area contributed by atoms with E-state index in [0.717, 1.165) is 25.9 Å². The van der Waals surface area contributed by atoms with Gasteiger partial charge >= 0.3 is 0 Å². The van der Waals surface area contributed by atoms with Crippen LogP contribution in [0.2, 0.25) is 0 Å². The molecule has 106 valence electrons. The summed E-state index contributed by atoms with van der Waals surface area (Å²) in [5.41, 5.74) is 6.50. The van der Waals surface area contributed by atoms with Crippen molar-refractivity contribution >= 4 is 5.95 Å². The molecule has 20 heavy (non-hydrogen) atoms. The predicted octanol–water partition coefficient (Wildman–Crippen LogP) is 1.46. The molecule has 0 unspecified atom stereocenters. The van der Waals surface area contributed by atoms with Crippen LogP contribution in [-0.4, -0.2) is 34.3 Å². The van der Waals surface area contributed by atoms with Crippen LogP contribution in [0.15, 0.2) is 24.3 Å². The minimum absolute atomic E-state index is 0.214. The maximum atomic E-state index is 13.6. The lowest BCUT2D eigenvalue weighted by atomic mass is 10.1. The maximum Gasteiger partial charge on any atom is 0.244 e. The summed E-state index contributed by atoms with van der Waals surface area (Å²) in [4.78, 5) is 6.56. The molecule has 0 amide bonds. The molecule has 0 spiro atoms. The van der Waals surface area contributed by atoms with Gasteiger partial charge in [0.1, 0.15) is 11.6 Å². The van der Waals surface area contributed by atoms with E-state index in [1.807, 2.05) is 6.07 Å². The molecule has 5 nitrogen and oxygen atoms in total. The number of hydrogen-bond acceptors (Lipinski definition) is 4. The number of nitrogens with zero attached hydrogens (tertiary/aromatic N) is 3. The molecule has 1 aliphatic rings. The van der Waals surface area contributed by atoms with Gasteiger partial charge in [-0.2, -0.15) is 4.98 Å². The molecule has 0 saturated carbocycles. The highest BCUT2D eigenvalue weighted by atomic mass is 19.1. The topological polar surface area (TPSA) is 70.8 Å². The van der Waals surface area contributed by atoms with Crippen LogP contribution in [0.1, 0.15) is 24.2 Å². The van der Waals surface area contributed by atoms with Crippen LogP contribution < -0.4 is 10.6 Å². The number of H-pyrrole nitrogens is 1. The summed E-state index contributed by atoms with van der Waals surface area (Å²) < 4.78 is 13.6. The van der Waals surface area contributed by atoms with E-state index in [9.17, 15) is 4.39 Å². The van der Waals surface area contributed by atoms with Gasteiger partial charge in [0.25, 0.3) is 0 Å². The van der Waals surface area contributed by atoms with E-state index < -0.39 is 0 Å². The smallest absolute Gasteiger partial charge is 0.244 e. The van der Waals surface area contributed by atoms with Gasteiger partial charge < -0.3 is 10.6 Å². The first-order valence-electron chi connectivity index (χ1n) is 6.87. The van der Waals surface area contributed by atoms with Crippen molar-refractivity contribution in [2.75, 3.05) is 18.0 Å². The molecule has 0 radical (unpaired) electrons. The Morgan fingerprint density at radius 1 is 1.30 bits per heavy atom. The zero-order chi connectivity index (χ0) is 13.9. The third kappa shape index (κ3) is 2.80. The normalized spacial score (nSPS) is 16.6. The maximum absolute atomic E-state index is 13.6. The van der Waals surface area contributed by atoms with E-state index in [0.29, 0.717) is 23.8 Å². The molecule has 3 N–H and O–H groups in total. The van der Waals surface area contributed by atoms with Gasteiger partial charge in [0.2, 0.25) is 5.95 Å². The zero-order valence-electron chi connectivity index (χ0n) is 11.2. The van der Waals surface area contributed by atoms with Crippen LogP contribution in [0.3, 0.4) is 0 Å². The average Bonchev–Trinajstić information content (AvgIpc) is 2.91. The fourth-order valence-electron chi connectivity index (χ4n) is 2.43. The van der Waals surface area contributed by atoms with Crippen molar-refractivity contribution in [3.05, 3.63) is 41.5 Å². The minimum Gasteiger partial charge on any atom is -0.339 e. The van der Waals surface area contributed by atoms with Crippen LogP contribution >= 0.6 is 0 Å². The summed E-state index contributed by atoms with van der Waals surface area (Å²) in [5, 5.41) is 7.11. The summed E-state index contributed by atoms with van der Waals surface area (Å²) in [6.45, 7) is 1.75. The van der Waals surface area contributed by atoms with Crippen LogP contribution in [0.25, 0.3) is 0 Å². The monoisotopic (exact) mass is 275 g/mol. The standard InChI is InChI=1S/C14H18FN5/c15-12-4-2-1-3-10(12)9-13-17-14(19-18-13)20-7-5-11(16)6-8-20/h1-4,11H,5-9,16H2,(H,17,18,19). The molecule has 2 heterocycles. The zero-order valence-corrected chi connectivity index (χ0v) is 11.2. The van der Waals surface area contributed by atoms with Crippen molar-refractivity contribution in [3.63, 3.8) is 0 Å². The van der Waals surface area contributed by atoms with Gasteiger partial charge in [-0.15, -0.1) is 5.10 Å². The Morgan fingerprint density at radius 3 is 2.80 bits per heavy atom. The number of hydrogen-bond donors (Lipinski definition) is 2. The molecule has 0 aliphatic carbocycles. The van der Waals surface area contributed by atoms with Gasteiger partial charge in [0.05, 0.1) is 0 Å². The number of nitrogens with two attached hydrogens (primary N) is 1. The van der Waals surface area contributed by atoms with Crippen molar-refractivity contribution in [2.24, 2.45) is 5.73 Å².